The Balaban J connectivity index is 0.000000385. The number of anilines is 2. The topological polar surface area (TPSA) is 77.8 Å². The Kier molecular flexibility index (Phi) is 7.07. The Morgan fingerprint density at radius 1 is 1.15 bits per heavy atom. The molecule has 2 aromatic rings. The fourth-order valence-electron chi connectivity index (χ4n) is 5.48. The fourth-order valence-corrected chi connectivity index (χ4v) is 6.72. The molecule has 2 N–H and O–H groups in total. The number of rotatable bonds is 5. The summed E-state index contributed by atoms with van der Waals surface area (Å²) >= 11 is 8.14. The van der Waals surface area contributed by atoms with Crippen LogP contribution in [0, 0.1) is 0 Å². The number of hydrogen-bond acceptors (Lipinski definition) is 5. The number of fused-ring (bicyclic) bond motifs is 4. The summed E-state index contributed by atoms with van der Waals surface area (Å²) in [7, 11) is -1.39. The van der Waals surface area contributed by atoms with Crippen LogP contribution in [-0.2, 0) is 10.1 Å². The largest absolute Gasteiger partial charge is 0.342 e. The van der Waals surface area contributed by atoms with Crippen molar-refractivity contribution < 1.29 is 22.6 Å². The predicted octanol–water partition coefficient (Wildman–Crippen LogP) is 5.32. The molecule has 0 aromatic heterocycles. The van der Waals surface area contributed by atoms with Gasteiger partial charge in [-0.15, -0.1) is 0 Å². The molecule has 0 radical (unpaired) electrons. The molecule has 1 atom stereocenters. The van der Waals surface area contributed by atoms with E-state index in [0.29, 0.717) is 6.04 Å². The maximum Gasteiger partial charge on any atom is 0.264 e. The fraction of sp³-hybridized carbons (Fsp3) is 0.500. The number of halogens is 1. The molecule has 180 valence electrons. The summed E-state index contributed by atoms with van der Waals surface area (Å²) in [5.41, 5.74) is 1.99. The number of hydrogen-bond donors (Lipinski definition) is 2. The Bertz CT molecular complexity index is 1120. The van der Waals surface area contributed by atoms with E-state index in [9.17, 15) is 13.5 Å². The lowest BCUT2D eigenvalue weighted by Gasteiger charge is -2.41. The van der Waals surface area contributed by atoms with Crippen LogP contribution in [0.4, 0.5) is 11.4 Å². The van der Waals surface area contributed by atoms with Gasteiger partial charge in [0, 0.05) is 53.5 Å². The smallest absolute Gasteiger partial charge is 0.264 e. The molecular weight excluding hydrogens is 480 g/mol. The van der Waals surface area contributed by atoms with Crippen molar-refractivity contribution in [3.8, 4) is 0 Å². The van der Waals surface area contributed by atoms with E-state index in [1.807, 2.05) is 17.8 Å². The van der Waals surface area contributed by atoms with Gasteiger partial charge in [-0.05, 0) is 37.3 Å². The van der Waals surface area contributed by atoms with Crippen LogP contribution >= 0.6 is 23.4 Å². The van der Waals surface area contributed by atoms with Crippen molar-refractivity contribution in [1.82, 2.24) is 0 Å². The molecular formula is C24H32ClN2O4S2+. The first-order chi connectivity index (χ1) is 15.6. The lowest BCUT2D eigenvalue weighted by molar-refractivity contribution is -0.976. The SMILES string of the molecule is CCS(=O)(=O)O.C[N+]1(CCCN2c3ccccc3Sc3ccc(Cl)cc32)C2CCC1(O)CC2. The molecule has 3 aliphatic rings. The molecule has 2 aromatic carbocycles. The minimum atomic E-state index is -3.66. The average Bonchev–Trinajstić information content (AvgIpc) is 3.17. The van der Waals surface area contributed by atoms with Crippen molar-refractivity contribution in [1.29, 1.82) is 0 Å². The quantitative estimate of drug-likeness (QED) is 0.418. The zero-order valence-electron chi connectivity index (χ0n) is 19.1. The highest BCUT2D eigenvalue weighted by atomic mass is 35.5. The van der Waals surface area contributed by atoms with Gasteiger partial charge in [0.05, 0.1) is 36.8 Å². The van der Waals surface area contributed by atoms with E-state index in [-0.39, 0.29) is 5.75 Å². The van der Waals surface area contributed by atoms with Crippen molar-refractivity contribution in [2.24, 2.45) is 0 Å². The second-order valence-electron chi connectivity index (χ2n) is 9.26. The molecule has 0 saturated carbocycles. The highest BCUT2D eigenvalue weighted by molar-refractivity contribution is 7.99. The summed E-state index contributed by atoms with van der Waals surface area (Å²) in [6.45, 7) is 3.35. The van der Waals surface area contributed by atoms with Crippen LogP contribution in [0.5, 0.6) is 0 Å². The Morgan fingerprint density at radius 2 is 1.79 bits per heavy atom. The standard InChI is InChI=1S/C22H26ClN2OS.C2H6O3S/c1-25(17-9-11-22(25,26)12-10-17)14-4-13-24-18-5-2-3-6-20(18)27-21-8-7-16(23)15-19(21)24;1-2-6(3,4)5/h2-3,5-8,15,17,26H,4,9-14H2,1H3;2H2,1H3,(H,3,4,5)/q+1;. The number of para-hydroxylation sites is 1. The molecule has 6 nitrogen and oxygen atoms in total. The molecule has 5 rings (SSSR count). The molecule has 0 amide bonds. The second kappa shape index (κ2) is 9.40. The van der Waals surface area contributed by atoms with Gasteiger partial charge < -0.3 is 10.0 Å². The molecule has 2 saturated heterocycles. The van der Waals surface area contributed by atoms with Gasteiger partial charge in [0.25, 0.3) is 10.1 Å². The Hall–Kier alpha value is -1.29. The van der Waals surface area contributed by atoms with E-state index in [1.165, 1.54) is 40.9 Å². The van der Waals surface area contributed by atoms with Gasteiger partial charge in [0.15, 0.2) is 0 Å². The van der Waals surface area contributed by atoms with Gasteiger partial charge in [-0.25, -0.2) is 0 Å². The van der Waals surface area contributed by atoms with Crippen molar-refractivity contribution >= 4 is 44.9 Å². The first-order valence-corrected chi connectivity index (χ1v) is 14.2. The van der Waals surface area contributed by atoms with Gasteiger partial charge in [-0.2, -0.15) is 8.42 Å². The lowest BCUT2D eigenvalue weighted by atomic mass is 9.98. The van der Waals surface area contributed by atoms with Crippen LogP contribution in [-0.4, -0.2) is 60.2 Å². The molecule has 3 aliphatic heterocycles. The predicted molar refractivity (Wildman–Crippen MR) is 134 cm³/mol. The van der Waals surface area contributed by atoms with Crippen molar-refractivity contribution in [3.05, 3.63) is 47.5 Å². The zero-order valence-corrected chi connectivity index (χ0v) is 21.5. The third-order valence-electron chi connectivity index (χ3n) is 7.47. The summed E-state index contributed by atoms with van der Waals surface area (Å²) in [5, 5.41) is 11.9. The second-order valence-corrected chi connectivity index (χ2v) is 12.5. The van der Waals surface area contributed by atoms with E-state index >= 15 is 0 Å². The molecule has 3 heterocycles. The van der Waals surface area contributed by atoms with Gasteiger partial charge in [-0.3, -0.25) is 9.04 Å². The molecule has 9 heteroatoms. The number of nitrogens with zero attached hydrogens (tertiary/aromatic N) is 2. The summed E-state index contributed by atoms with van der Waals surface area (Å²) < 4.78 is 27.8. The number of aliphatic hydroxyl groups is 1. The summed E-state index contributed by atoms with van der Waals surface area (Å²) in [4.78, 5) is 4.98. The lowest BCUT2D eigenvalue weighted by Crippen LogP contribution is -2.57. The maximum atomic E-state index is 11.1. The van der Waals surface area contributed by atoms with Crippen LogP contribution in [0.25, 0.3) is 0 Å². The van der Waals surface area contributed by atoms with Crippen LogP contribution < -0.4 is 4.90 Å². The van der Waals surface area contributed by atoms with E-state index in [1.54, 1.807) is 0 Å². The van der Waals surface area contributed by atoms with Crippen LogP contribution in [0.1, 0.15) is 39.0 Å². The minimum Gasteiger partial charge on any atom is -0.342 e. The average molecular weight is 512 g/mol. The first kappa shape index (κ1) is 24.8. The molecule has 2 fully saturated rings. The van der Waals surface area contributed by atoms with E-state index in [4.69, 9.17) is 16.2 Å². The van der Waals surface area contributed by atoms with Crippen molar-refractivity contribution in [2.45, 2.75) is 60.6 Å². The molecule has 1 unspecified atom stereocenters. The van der Waals surface area contributed by atoms with E-state index in [0.717, 1.165) is 41.9 Å². The van der Waals surface area contributed by atoms with E-state index in [2.05, 4.69) is 48.3 Å². The highest BCUT2D eigenvalue weighted by Crippen LogP contribution is 2.51. The Morgan fingerprint density at radius 3 is 2.39 bits per heavy atom. The molecule has 0 spiro atoms. The normalized spacial score (nSPS) is 27.5. The third-order valence-corrected chi connectivity index (χ3v) is 9.56. The Labute approximate surface area is 205 Å². The number of quaternary nitrogens is 1. The summed E-state index contributed by atoms with van der Waals surface area (Å²) in [6.07, 6.45) is 5.34. The summed E-state index contributed by atoms with van der Waals surface area (Å²) in [5.74, 6) is -0.201. The maximum absolute atomic E-state index is 11.1. The highest BCUT2D eigenvalue weighted by Gasteiger charge is 2.61. The van der Waals surface area contributed by atoms with Gasteiger partial charge in [0.1, 0.15) is 0 Å². The zero-order chi connectivity index (χ0) is 23.9. The molecule has 0 aliphatic carbocycles. The van der Waals surface area contributed by atoms with E-state index < -0.39 is 15.8 Å². The van der Waals surface area contributed by atoms with Gasteiger partial charge >= 0.3 is 0 Å². The van der Waals surface area contributed by atoms with Crippen LogP contribution in [0.15, 0.2) is 52.3 Å². The van der Waals surface area contributed by atoms with Gasteiger partial charge in [-0.1, -0.05) is 35.5 Å². The minimum absolute atomic E-state index is 0.201. The third kappa shape index (κ3) is 4.92. The van der Waals surface area contributed by atoms with Crippen molar-refractivity contribution in [2.75, 3.05) is 30.8 Å². The van der Waals surface area contributed by atoms with Crippen LogP contribution in [0.2, 0.25) is 5.02 Å². The monoisotopic (exact) mass is 511 g/mol. The first-order valence-electron chi connectivity index (χ1n) is 11.4. The summed E-state index contributed by atoms with van der Waals surface area (Å²) in [6, 6.07) is 15.4. The molecule has 2 bridgehead atoms. The van der Waals surface area contributed by atoms with Gasteiger partial charge in [0.2, 0.25) is 5.72 Å². The van der Waals surface area contributed by atoms with Crippen LogP contribution in [0.3, 0.4) is 0 Å². The van der Waals surface area contributed by atoms with Crippen molar-refractivity contribution in [3.63, 3.8) is 0 Å². The molecule has 33 heavy (non-hydrogen) atoms. The number of benzene rings is 2.